The molecule has 0 aliphatic heterocycles. The molecular formula is C17H36. The summed E-state index contributed by atoms with van der Waals surface area (Å²) in [6.07, 6.45) is 4.14. The Morgan fingerprint density at radius 3 is 1.59 bits per heavy atom. The maximum atomic E-state index is 2.48. The molecule has 0 aromatic carbocycles. The van der Waals surface area contributed by atoms with Gasteiger partial charge in [0.15, 0.2) is 0 Å². The molecule has 0 nitrogen and oxygen atoms in total. The SMILES string of the molecule is CCCC(C)CC(C)C(C)C(C(C)C)C(C)C. The molecule has 0 aromatic rings. The van der Waals surface area contributed by atoms with Crippen LogP contribution >= 0.6 is 0 Å². The van der Waals surface area contributed by atoms with Gasteiger partial charge in [-0.2, -0.15) is 0 Å². The summed E-state index contributed by atoms with van der Waals surface area (Å²) in [6, 6.07) is 0. The molecule has 0 aromatic heterocycles. The van der Waals surface area contributed by atoms with Gasteiger partial charge in [-0.3, -0.25) is 0 Å². The van der Waals surface area contributed by atoms with Gasteiger partial charge in [0.25, 0.3) is 0 Å². The van der Waals surface area contributed by atoms with Gasteiger partial charge in [-0.25, -0.2) is 0 Å². The quantitative estimate of drug-likeness (QED) is 0.487. The molecule has 0 saturated heterocycles. The van der Waals surface area contributed by atoms with E-state index in [1.165, 1.54) is 19.3 Å². The van der Waals surface area contributed by atoms with Crippen LogP contribution in [0, 0.1) is 35.5 Å². The van der Waals surface area contributed by atoms with E-state index >= 15 is 0 Å². The van der Waals surface area contributed by atoms with Crippen LogP contribution in [-0.4, -0.2) is 0 Å². The Kier molecular flexibility index (Phi) is 8.16. The van der Waals surface area contributed by atoms with Gasteiger partial charge in [-0.15, -0.1) is 0 Å². The Morgan fingerprint density at radius 2 is 1.24 bits per heavy atom. The molecule has 0 heterocycles. The second kappa shape index (κ2) is 8.16. The molecule has 0 spiro atoms. The Hall–Kier alpha value is 0. The van der Waals surface area contributed by atoms with Crippen molar-refractivity contribution in [2.75, 3.05) is 0 Å². The fourth-order valence-electron chi connectivity index (χ4n) is 3.82. The van der Waals surface area contributed by atoms with Crippen molar-refractivity contribution in [3.63, 3.8) is 0 Å². The minimum Gasteiger partial charge on any atom is -0.0654 e. The fraction of sp³-hybridized carbons (Fsp3) is 1.00. The minimum atomic E-state index is 0.814. The lowest BCUT2D eigenvalue weighted by Crippen LogP contribution is -2.28. The standard InChI is InChI=1S/C17H36/c1-9-10-14(6)11-15(7)16(8)17(12(2)3)13(4)5/h12-17H,9-11H2,1-8H3. The van der Waals surface area contributed by atoms with E-state index in [-0.39, 0.29) is 0 Å². The van der Waals surface area contributed by atoms with Crippen LogP contribution in [0.25, 0.3) is 0 Å². The van der Waals surface area contributed by atoms with E-state index in [1.54, 1.807) is 0 Å². The molecule has 0 saturated carbocycles. The van der Waals surface area contributed by atoms with Gasteiger partial charge in [0.05, 0.1) is 0 Å². The Bertz CT molecular complexity index is 172. The van der Waals surface area contributed by atoms with Crippen molar-refractivity contribution in [2.24, 2.45) is 35.5 Å². The predicted octanol–water partition coefficient (Wildman–Crippen LogP) is 6.01. The highest BCUT2D eigenvalue weighted by molar-refractivity contribution is 4.77. The third-order valence-corrected chi connectivity index (χ3v) is 4.60. The first-order valence-electron chi connectivity index (χ1n) is 7.81. The zero-order valence-electron chi connectivity index (χ0n) is 13.6. The normalized spacial score (nSPS) is 17.8. The van der Waals surface area contributed by atoms with Crippen molar-refractivity contribution in [1.29, 1.82) is 0 Å². The van der Waals surface area contributed by atoms with Crippen LogP contribution < -0.4 is 0 Å². The van der Waals surface area contributed by atoms with Gasteiger partial charge in [0.2, 0.25) is 0 Å². The van der Waals surface area contributed by atoms with Crippen LogP contribution in [0.5, 0.6) is 0 Å². The monoisotopic (exact) mass is 240 g/mol. The third kappa shape index (κ3) is 5.93. The van der Waals surface area contributed by atoms with Gasteiger partial charge >= 0.3 is 0 Å². The lowest BCUT2D eigenvalue weighted by Gasteiger charge is -2.35. The van der Waals surface area contributed by atoms with E-state index in [4.69, 9.17) is 0 Å². The second-order valence-corrected chi connectivity index (χ2v) is 7.03. The molecule has 0 aliphatic rings. The second-order valence-electron chi connectivity index (χ2n) is 7.03. The van der Waals surface area contributed by atoms with E-state index < -0.39 is 0 Å². The summed E-state index contributed by atoms with van der Waals surface area (Å²) in [5.74, 6) is 5.12. The van der Waals surface area contributed by atoms with E-state index in [1.807, 2.05) is 0 Å². The van der Waals surface area contributed by atoms with Crippen LogP contribution in [0.4, 0.5) is 0 Å². The molecule has 0 radical (unpaired) electrons. The summed E-state index contributed by atoms with van der Waals surface area (Å²) >= 11 is 0. The average molecular weight is 240 g/mol. The van der Waals surface area contributed by atoms with Gasteiger partial charge in [-0.05, 0) is 41.9 Å². The lowest BCUT2D eigenvalue weighted by molar-refractivity contribution is 0.136. The van der Waals surface area contributed by atoms with E-state index in [0.717, 1.165) is 35.5 Å². The number of hydrogen-bond donors (Lipinski definition) is 0. The fourth-order valence-corrected chi connectivity index (χ4v) is 3.82. The third-order valence-electron chi connectivity index (χ3n) is 4.60. The molecule has 3 atom stereocenters. The maximum absolute atomic E-state index is 2.48. The first-order valence-corrected chi connectivity index (χ1v) is 7.81. The number of rotatable bonds is 8. The Labute approximate surface area is 111 Å². The van der Waals surface area contributed by atoms with Crippen molar-refractivity contribution in [3.8, 4) is 0 Å². The van der Waals surface area contributed by atoms with Gasteiger partial charge in [0, 0.05) is 0 Å². The van der Waals surface area contributed by atoms with Gasteiger partial charge in [-0.1, -0.05) is 68.2 Å². The summed E-state index contributed by atoms with van der Waals surface area (Å²) in [7, 11) is 0. The average Bonchev–Trinajstić information content (AvgIpc) is 2.16. The van der Waals surface area contributed by atoms with Crippen LogP contribution in [0.2, 0.25) is 0 Å². The smallest absolute Gasteiger partial charge is 0.0340 e. The van der Waals surface area contributed by atoms with E-state index in [0.29, 0.717) is 0 Å². The summed E-state index contributed by atoms with van der Waals surface area (Å²) in [5, 5.41) is 0. The van der Waals surface area contributed by atoms with Crippen molar-refractivity contribution in [2.45, 2.75) is 74.7 Å². The molecule has 3 unspecified atom stereocenters. The van der Waals surface area contributed by atoms with E-state index in [2.05, 4.69) is 55.4 Å². The van der Waals surface area contributed by atoms with Gasteiger partial charge < -0.3 is 0 Å². The molecule has 0 heteroatoms. The molecular weight excluding hydrogens is 204 g/mol. The Morgan fingerprint density at radius 1 is 0.765 bits per heavy atom. The summed E-state index contributed by atoms with van der Waals surface area (Å²) in [5.41, 5.74) is 0. The first-order chi connectivity index (χ1) is 7.81. The minimum absolute atomic E-state index is 0.814. The first kappa shape index (κ1) is 17.0. The maximum Gasteiger partial charge on any atom is -0.0340 e. The highest BCUT2D eigenvalue weighted by Gasteiger charge is 2.28. The van der Waals surface area contributed by atoms with Crippen molar-refractivity contribution in [1.82, 2.24) is 0 Å². The molecule has 0 N–H and O–H groups in total. The van der Waals surface area contributed by atoms with Crippen LogP contribution in [0.1, 0.15) is 74.7 Å². The largest absolute Gasteiger partial charge is 0.0654 e. The molecule has 0 fully saturated rings. The van der Waals surface area contributed by atoms with Crippen molar-refractivity contribution in [3.05, 3.63) is 0 Å². The van der Waals surface area contributed by atoms with E-state index in [9.17, 15) is 0 Å². The molecule has 0 rings (SSSR count). The van der Waals surface area contributed by atoms with Crippen LogP contribution in [0.3, 0.4) is 0 Å². The summed E-state index contributed by atoms with van der Waals surface area (Å²) < 4.78 is 0. The van der Waals surface area contributed by atoms with Crippen LogP contribution in [-0.2, 0) is 0 Å². The molecule has 17 heavy (non-hydrogen) atoms. The molecule has 0 bridgehead atoms. The zero-order valence-corrected chi connectivity index (χ0v) is 13.6. The highest BCUT2D eigenvalue weighted by Crippen LogP contribution is 2.36. The number of hydrogen-bond acceptors (Lipinski definition) is 0. The molecule has 0 aliphatic carbocycles. The molecule has 0 amide bonds. The lowest BCUT2D eigenvalue weighted by atomic mass is 9.70. The summed E-state index contributed by atoms with van der Waals surface area (Å²) in [6.45, 7) is 19.2. The predicted molar refractivity (Wildman–Crippen MR) is 80.2 cm³/mol. The summed E-state index contributed by atoms with van der Waals surface area (Å²) in [4.78, 5) is 0. The topological polar surface area (TPSA) is 0 Å². The van der Waals surface area contributed by atoms with Gasteiger partial charge in [0.1, 0.15) is 0 Å². The van der Waals surface area contributed by atoms with Crippen molar-refractivity contribution >= 4 is 0 Å². The molecule has 104 valence electrons. The highest BCUT2D eigenvalue weighted by atomic mass is 14.3. The Balaban J connectivity index is 4.39. The van der Waals surface area contributed by atoms with Crippen LogP contribution in [0.15, 0.2) is 0 Å². The zero-order chi connectivity index (χ0) is 13.6. The van der Waals surface area contributed by atoms with Crippen molar-refractivity contribution < 1.29 is 0 Å².